The molecule has 0 spiro atoms. The van der Waals surface area contributed by atoms with Gasteiger partial charge in [0, 0.05) is 23.1 Å². The van der Waals surface area contributed by atoms with Crippen molar-refractivity contribution >= 4 is 28.9 Å². The normalized spacial score (nSPS) is 10.5. The number of benzene rings is 3. The molecule has 0 fully saturated rings. The van der Waals surface area contributed by atoms with Gasteiger partial charge in [-0.25, -0.2) is 4.98 Å². The van der Waals surface area contributed by atoms with Crippen molar-refractivity contribution in [2.45, 2.75) is 26.4 Å². The van der Waals surface area contributed by atoms with E-state index in [9.17, 15) is 9.59 Å². The first-order valence-corrected chi connectivity index (χ1v) is 12.3. The summed E-state index contributed by atoms with van der Waals surface area (Å²) in [5.74, 6) is 0.297. The van der Waals surface area contributed by atoms with E-state index in [1.807, 2.05) is 78.9 Å². The maximum Gasteiger partial charge on any atom is 0.306 e. The standard InChI is InChI=1S/C28H26N2O4S/c1-2-33-26(31)17-10-20-8-13-23(14-9-20)29-27(32)25-19-35-28(30-25)22-11-15-24(16-12-22)34-18-21-6-4-3-5-7-21/h3-9,11-16,19H,2,10,17-18H2,1H3,(H,29,32). The van der Waals surface area contributed by atoms with Crippen LogP contribution in [-0.2, 0) is 22.6 Å². The number of aryl methyl sites for hydroxylation is 1. The Kier molecular flexibility index (Phi) is 8.25. The topological polar surface area (TPSA) is 77.5 Å². The Morgan fingerprint density at radius 1 is 0.914 bits per heavy atom. The van der Waals surface area contributed by atoms with E-state index in [4.69, 9.17) is 9.47 Å². The van der Waals surface area contributed by atoms with Crippen LogP contribution in [0.5, 0.6) is 5.75 Å². The van der Waals surface area contributed by atoms with E-state index >= 15 is 0 Å². The molecule has 7 heteroatoms. The second-order valence-corrected chi connectivity index (χ2v) is 8.65. The minimum Gasteiger partial charge on any atom is -0.489 e. The van der Waals surface area contributed by atoms with Crippen LogP contribution in [0, 0.1) is 0 Å². The molecular weight excluding hydrogens is 460 g/mol. The lowest BCUT2D eigenvalue weighted by atomic mass is 10.1. The van der Waals surface area contributed by atoms with Crippen molar-refractivity contribution in [1.29, 1.82) is 0 Å². The van der Waals surface area contributed by atoms with Crippen LogP contribution in [0.25, 0.3) is 10.6 Å². The van der Waals surface area contributed by atoms with Crippen molar-refractivity contribution in [3.05, 3.63) is 101 Å². The van der Waals surface area contributed by atoms with Gasteiger partial charge >= 0.3 is 5.97 Å². The van der Waals surface area contributed by atoms with Crippen LogP contribution in [0.4, 0.5) is 5.69 Å². The molecule has 1 heterocycles. The number of thiazole rings is 1. The molecule has 0 atom stereocenters. The zero-order valence-corrected chi connectivity index (χ0v) is 20.2. The molecule has 6 nitrogen and oxygen atoms in total. The van der Waals surface area contributed by atoms with Gasteiger partial charge in [0.05, 0.1) is 6.61 Å². The molecule has 1 amide bonds. The second-order valence-electron chi connectivity index (χ2n) is 7.79. The van der Waals surface area contributed by atoms with Gasteiger partial charge in [0.15, 0.2) is 0 Å². The maximum atomic E-state index is 12.7. The predicted octanol–water partition coefficient (Wildman–Crippen LogP) is 6.14. The van der Waals surface area contributed by atoms with Gasteiger partial charge in [0.25, 0.3) is 5.91 Å². The number of esters is 1. The van der Waals surface area contributed by atoms with Crippen LogP contribution in [0.2, 0.25) is 0 Å². The third-order valence-corrected chi connectivity index (χ3v) is 6.11. The van der Waals surface area contributed by atoms with Gasteiger partial charge in [-0.05, 0) is 60.9 Å². The van der Waals surface area contributed by atoms with Crippen molar-refractivity contribution in [3.8, 4) is 16.3 Å². The van der Waals surface area contributed by atoms with Crippen LogP contribution in [0.15, 0.2) is 84.2 Å². The fourth-order valence-corrected chi connectivity index (χ4v) is 4.18. The van der Waals surface area contributed by atoms with Crippen LogP contribution in [-0.4, -0.2) is 23.5 Å². The lowest BCUT2D eigenvalue weighted by Crippen LogP contribution is -2.12. The quantitative estimate of drug-likeness (QED) is 0.273. The Morgan fingerprint density at radius 3 is 2.37 bits per heavy atom. The number of nitrogens with zero attached hydrogens (tertiary/aromatic N) is 1. The van der Waals surface area contributed by atoms with Gasteiger partial charge < -0.3 is 14.8 Å². The molecule has 4 rings (SSSR count). The first-order valence-electron chi connectivity index (χ1n) is 11.4. The van der Waals surface area contributed by atoms with Crippen molar-refractivity contribution in [1.82, 2.24) is 4.98 Å². The number of ether oxygens (including phenoxy) is 2. The van der Waals surface area contributed by atoms with E-state index in [0.717, 1.165) is 27.4 Å². The summed E-state index contributed by atoms with van der Waals surface area (Å²) in [6.45, 7) is 2.68. The second kappa shape index (κ2) is 11.9. The number of rotatable bonds is 10. The summed E-state index contributed by atoms with van der Waals surface area (Å²) in [6, 6.07) is 25.1. The third-order valence-electron chi connectivity index (χ3n) is 5.22. The van der Waals surface area contributed by atoms with E-state index in [1.54, 1.807) is 12.3 Å². The molecule has 35 heavy (non-hydrogen) atoms. The fraction of sp³-hybridized carbons (Fsp3) is 0.179. The van der Waals surface area contributed by atoms with Crippen LogP contribution >= 0.6 is 11.3 Å². The molecule has 4 aromatic rings. The van der Waals surface area contributed by atoms with E-state index in [0.29, 0.717) is 37.4 Å². The molecule has 0 saturated heterocycles. The number of aromatic nitrogens is 1. The summed E-state index contributed by atoms with van der Waals surface area (Å²) in [7, 11) is 0. The molecule has 1 N–H and O–H groups in total. The summed E-state index contributed by atoms with van der Waals surface area (Å²) < 4.78 is 10.8. The van der Waals surface area contributed by atoms with Gasteiger partial charge in [-0.2, -0.15) is 0 Å². The highest BCUT2D eigenvalue weighted by Crippen LogP contribution is 2.26. The van der Waals surface area contributed by atoms with Crippen LogP contribution in [0.3, 0.4) is 0 Å². The van der Waals surface area contributed by atoms with Crippen LogP contribution < -0.4 is 10.1 Å². The van der Waals surface area contributed by atoms with Crippen molar-refractivity contribution in [3.63, 3.8) is 0 Å². The van der Waals surface area contributed by atoms with Gasteiger partial charge in [-0.1, -0.05) is 42.5 Å². The summed E-state index contributed by atoms with van der Waals surface area (Å²) in [6.07, 6.45) is 0.930. The van der Waals surface area contributed by atoms with Gasteiger partial charge in [-0.3, -0.25) is 9.59 Å². The van der Waals surface area contributed by atoms with Crippen molar-refractivity contribution < 1.29 is 19.1 Å². The van der Waals surface area contributed by atoms with E-state index in [1.165, 1.54) is 11.3 Å². The van der Waals surface area contributed by atoms with E-state index in [2.05, 4.69) is 10.3 Å². The minimum atomic E-state index is -0.269. The first-order chi connectivity index (χ1) is 17.1. The average Bonchev–Trinajstić information content (AvgIpc) is 3.39. The summed E-state index contributed by atoms with van der Waals surface area (Å²) >= 11 is 1.42. The number of amides is 1. The molecule has 3 aromatic carbocycles. The molecule has 0 aliphatic carbocycles. The highest BCUT2D eigenvalue weighted by molar-refractivity contribution is 7.13. The summed E-state index contributed by atoms with van der Waals surface area (Å²) in [4.78, 5) is 28.7. The number of nitrogens with one attached hydrogen (secondary N) is 1. The third kappa shape index (κ3) is 7.01. The van der Waals surface area contributed by atoms with E-state index < -0.39 is 0 Å². The summed E-state index contributed by atoms with van der Waals surface area (Å²) in [5, 5.41) is 5.38. The molecule has 1 aromatic heterocycles. The molecule has 0 unspecified atom stereocenters. The monoisotopic (exact) mass is 486 g/mol. The zero-order chi connectivity index (χ0) is 24.5. The lowest BCUT2D eigenvalue weighted by Gasteiger charge is -2.07. The SMILES string of the molecule is CCOC(=O)CCc1ccc(NC(=O)c2csc(-c3ccc(OCc4ccccc4)cc3)n2)cc1. The minimum absolute atomic E-state index is 0.210. The maximum absolute atomic E-state index is 12.7. The Balaban J connectivity index is 1.31. The number of hydrogen-bond donors (Lipinski definition) is 1. The molecule has 178 valence electrons. The molecule has 0 radical (unpaired) electrons. The zero-order valence-electron chi connectivity index (χ0n) is 19.4. The lowest BCUT2D eigenvalue weighted by molar-refractivity contribution is -0.143. The summed E-state index contributed by atoms with van der Waals surface area (Å²) in [5.41, 5.74) is 4.07. The van der Waals surface area contributed by atoms with E-state index in [-0.39, 0.29) is 11.9 Å². The van der Waals surface area contributed by atoms with Crippen molar-refractivity contribution in [2.75, 3.05) is 11.9 Å². The number of carbonyl (C=O) groups excluding carboxylic acids is 2. The van der Waals surface area contributed by atoms with Crippen LogP contribution in [0.1, 0.15) is 35.0 Å². The first kappa shape index (κ1) is 24.2. The number of carbonyl (C=O) groups is 2. The smallest absolute Gasteiger partial charge is 0.306 e. The highest BCUT2D eigenvalue weighted by Gasteiger charge is 2.13. The van der Waals surface area contributed by atoms with Crippen molar-refractivity contribution in [2.24, 2.45) is 0 Å². The molecule has 0 aliphatic rings. The molecular formula is C28H26N2O4S. The van der Waals surface area contributed by atoms with Gasteiger partial charge in [0.1, 0.15) is 23.1 Å². The van der Waals surface area contributed by atoms with Gasteiger partial charge in [0.2, 0.25) is 0 Å². The Labute approximate surface area is 208 Å². The predicted molar refractivity (Wildman–Crippen MR) is 138 cm³/mol. The van der Waals surface area contributed by atoms with Gasteiger partial charge in [-0.15, -0.1) is 11.3 Å². The number of anilines is 1. The highest BCUT2D eigenvalue weighted by atomic mass is 32.1. The largest absolute Gasteiger partial charge is 0.489 e. The Bertz CT molecular complexity index is 1250. The molecule has 0 aliphatic heterocycles. The average molecular weight is 487 g/mol. The fourth-order valence-electron chi connectivity index (χ4n) is 3.37. The number of hydrogen-bond acceptors (Lipinski definition) is 6. The Morgan fingerprint density at radius 2 is 1.66 bits per heavy atom. The Hall–Kier alpha value is -3.97. The molecule has 0 saturated carbocycles. The molecule has 0 bridgehead atoms.